The molecule has 4 heteroatoms. The molecule has 1 atom stereocenters. The third kappa shape index (κ3) is 1.98. The van der Waals surface area contributed by atoms with Crippen LogP contribution in [0.3, 0.4) is 0 Å². The van der Waals surface area contributed by atoms with Crippen molar-refractivity contribution in [3.8, 4) is 0 Å². The molecule has 0 amide bonds. The van der Waals surface area contributed by atoms with Gasteiger partial charge in [-0.05, 0) is 17.7 Å². The molecule has 1 aromatic rings. The minimum atomic E-state index is -0.456. The number of hydrogen-bond acceptors (Lipinski definition) is 3. The topological polar surface area (TPSA) is 31.4 Å². The number of ether oxygens (including phenoxy) is 2. The highest BCUT2D eigenvalue weighted by atomic mass is 35.5. The van der Waals surface area contributed by atoms with Gasteiger partial charge in [-0.25, -0.2) is 4.98 Å². The first-order valence-electron chi connectivity index (χ1n) is 5.13. The van der Waals surface area contributed by atoms with Crippen molar-refractivity contribution in [2.24, 2.45) is 0 Å². The van der Waals surface area contributed by atoms with Gasteiger partial charge in [0, 0.05) is 20.1 Å². The van der Waals surface area contributed by atoms with E-state index in [0.717, 1.165) is 17.7 Å². The molecule has 2 heterocycles. The van der Waals surface area contributed by atoms with E-state index in [9.17, 15) is 0 Å². The van der Waals surface area contributed by atoms with E-state index < -0.39 is 5.60 Å². The Morgan fingerprint density at radius 3 is 3.00 bits per heavy atom. The molecule has 0 bridgehead atoms. The Morgan fingerprint density at radius 1 is 1.62 bits per heavy atom. The molecular formula is C12H14ClNO2. The Bertz CT molecular complexity index is 400. The number of hydrogen-bond donors (Lipinski definition) is 0. The van der Waals surface area contributed by atoms with Crippen LogP contribution in [0.15, 0.2) is 18.7 Å². The van der Waals surface area contributed by atoms with Crippen LogP contribution in [-0.2, 0) is 15.1 Å². The third-order valence-electron chi connectivity index (χ3n) is 2.90. The Kier molecular flexibility index (Phi) is 3.28. The maximum atomic E-state index is 5.97. The Labute approximate surface area is 100 Å². The summed E-state index contributed by atoms with van der Waals surface area (Å²) in [5, 5.41) is 0.454. The van der Waals surface area contributed by atoms with Gasteiger partial charge in [0.2, 0.25) is 0 Å². The van der Waals surface area contributed by atoms with Crippen LogP contribution in [0, 0.1) is 0 Å². The number of methoxy groups -OCH3 is 1. The van der Waals surface area contributed by atoms with Gasteiger partial charge in [0.1, 0.15) is 10.8 Å². The van der Waals surface area contributed by atoms with Crippen molar-refractivity contribution in [1.82, 2.24) is 4.98 Å². The molecule has 0 N–H and O–H groups in total. The number of aromatic nitrogens is 1. The lowest BCUT2D eigenvalue weighted by Crippen LogP contribution is -2.30. The molecular weight excluding hydrogens is 226 g/mol. The monoisotopic (exact) mass is 239 g/mol. The van der Waals surface area contributed by atoms with Crippen LogP contribution in [0.5, 0.6) is 0 Å². The van der Waals surface area contributed by atoms with Crippen LogP contribution in [-0.4, -0.2) is 25.3 Å². The highest BCUT2D eigenvalue weighted by Gasteiger charge is 2.38. The summed E-state index contributed by atoms with van der Waals surface area (Å²) in [6, 6.07) is 3.72. The lowest BCUT2D eigenvalue weighted by atomic mass is 9.97. The summed E-state index contributed by atoms with van der Waals surface area (Å²) in [5.41, 5.74) is 1.30. The predicted octanol–water partition coefficient (Wildman–Crippen LogP) is 2.64. The van der Waals surface area contributed by atoms with Crippen molar-refractivity contribution in [2.45, 2.75) is 12.0 Å². The summed E-state index contributed by atoms with van der Waals surface area (Å²) < 4.78 is 10.9. The zero-order chi connectivity index (χ0) is 11.6. The lowest BCUT2D eigenvalue weighted by molar-refractivity contribution is -0.0246. The normalized spacial score (nSPS) is 24.6. The molecule has 0 saturated carbocycles. The highest BCUT2D eigenvalue weighted by molar-refractivity contribution is 6.29. The summed E-state index contributed by atoms with van der Waals surface area (Å²) in [7, 11) is 1.67. The molecule has 16 heavy (non-hydrogen) atoms. The van der Waals surface area contributed by atoms with Crippen molar-refractivity contribution in [2.75, 3.05) is 20.3 Å². The van der Waals surface area contributed by atoms with E-state index in [2.05, 4.69) is 11.6 Å². The minimum Gasteiger partial charge on any atom is -0.378 e. The Hall–Kier alpha value is -0.900. The van der Waals surface area contributed by atoms with Gasteiger partial charge in [0.05, 0.1) is 12.3 Å². The molecule has 1 aliphatic rings. The van der Waals surface area contributed by atoms with Crippen molar-refractivity contribution in [3.63, 3.8) is 0 Å². The Morgan fingerprint density at radius 2 is 2.44 bits per heavy atom. The van der Waals surface area contributed by atoms with Crippen LogP contribution in [0.2, 0.25) is 5.15 Å². The zero-order valence-corrected chi connectivity index (χ0v) is 9.96. The highest BCUT2D eigenvalue weighted by Crippen LogP contribution is 2.33. The van der Waals surface area contributed by atoms with Gasteiger partial charge >= 0.3 is 0 Å². The molecule has 0 radical (unpaired) electrons. The number of nitrogens with zero attached hydrogens (tertiary/aromatic N) is 1. The van der Waals surface area contributed by atoms with Gasteiger partial charge in [-0.2, -0.15) is 0 Å². The lowest BCUT2D eigenvalue weighted by Gasteiger charge is -2.25. The molecule has 3 nitrogen and oxygen atoms in total. The van der Waals surface area contributed by atoms with E-state index in [1.54, 1.807) is 19.3 Å². The summed E-state index contributed by atoms with van der Waals surface area (Å²) in [6.07, 6.45) is 2.55. The van der Waals surface area contributed by atoms with E-state index in [4.69, 9.17) is 21.1 Å². The maximum Gasteiger partial charge on any atom is 0.135 e. The minimum absolute atomic E-state index is 0.454. The molecule has 0 aromatic carbocycles. The predicted molar refractivity (Wildman–Crippen MR) is 63.5 cm³/mol. The first-order chi connectivity index (χ1) is 7.70. The quantitative estimate of drug-likeness (QED) is 0.760. The van der Waals surface area contributed by atoms with Crippen LogP contribution < -0.4 is 0 Å². The van der Waals surface area contributed by atoms with Crippen LogP contribution in [0.1, 0.15) is 17.7 Å². The largest absolute Gasteiger partial charge is 0.378 e. The van der Waals surface area contributed by atoms with Crippen LogP contribution >= 0.6 is 11.6 Å². The van der Waals surface area contributed by atoms with Gasteiger partial charge in [0.25, 0.3) is 0 Å². The van der Waals surface area contributed by atoms with Crippen LogP contribution in [0.25, 0.3) is 6.08 Å². The molecule has 1 unspecified atom stereocenters. The molecule has 0 aliphatic carbocycles. The van der Waals surface area contributed by atoms with E-state index >= 15 is 0 Å². The van der Waals surface area contributed by atoms with Crippen molar-refractivity contribution >= 4 is 17.7 Å². The molecule has 1 aliphatic heterocycles. The standard InChI is InChI=1S/C12H14ClNO2/c1-3-9-6-10(14-11(13)7-9)12(15-2)4-5-16-8-12/h3,6-7H,1,4-5,8H2,2H3. The van der Waals surface area contributed by atoms with Crippen molar-refractivity contribution in [3.05, 3.63) is 35.1 Å². The molecule has 1 aromatic heterocycles. The molecule has 1 fully saturated rings. The zero-order valence-electron chi connectivity index (χ0n) is 9.20. The summed E-state index contributed by atoms with van der Waals surface area (Å²) in [5.74, 6) is 0. The van der Waals surface area contributed by atoms with E-state index in [-0.39, 0.29) is 0 Å². The van der Waals surface area contributed by atoms with Gasteiger partial charge in [-0.15, -0.1) is 0 Å². The molecule has 86 valence electrons. The number of rotatable bonds is 3. The number of pyridine rings is 1. The second-order valence-corrected chi connectivity index (χ2v) is 4.20. The first kappa shape index (κ1) is 11.6. The SMILES string of the molecule is C=Cc1cc(Cl)nc(C2(OC)CCOC2)c1. The molecule has 0 spiro atoms. The first-order valence-corrected chi connectivity index (χ1v) is 5.51. The van der Waals surface area contributed by atoms with Gasteiger partial charge in [0.15, 0.2) is 0 Å². The van der Waals surface area contributed by atoms with Crippen molar-refractivity contribution in [1.29, 1.82) is 0 Å². The van der Waals surface area contributed by atoms with Crippen LogP contribution in [0.4, 0.5) is 0 Å². The maximum absolute atomic E-state index is 5.97. The van der Waals surface area contributed by atoms with E-state index in [0.29, 0.717) is 18.4 Å². The average Bonchev–Trinajstić information content (AvgIpc) is 2.78. The fourth-order valence-corrected chi connectivity index (χ4v) is 2.10. The van der Waals surface area contributed by atoms with Gasteiger partial charge in [-0.1, -0.05) is 24.3 Å². The number of halogens is 1. The fourth-order valence-electron chi connectivity index (χ4n) is 1.88. The second-order valence-electron chi connectivity index (χ2n) is 3.81. The van der Waals surface area contributed by atoms with E-state index in [1.165, 1.54) is 0 Å². The Balaban J connectivity index is 2.45. The summed E-state index contributed by atoms with van der Waals surface area (Å²) in [6.45, 7) is 4.94. The van der Waals surface area contributed by atoms with Gasteiger partial charge < -0.3 is 9.47 Å². The summed E-state index contributed by atoms with van der Waals surface area (Å²) >= 11 is 5.97. The smallest absolute Gasteiger partial charge is 0.135 e. The second kappa shape index (κ2) is 4.53. The third-order valence-corrected chi connectivity index (χ3v) is 3.09. The average molecular weight is 240 g/mol. The summed E-state index contributed by atoms with van der Waals surface area (Å²) in [4.78, 5) is 4.32. The fraction of sp³-hybridized carbons (Fsp3) is 0.417. The van der Waals surface area contributed by atoms with Gasteiger partial charge in [-0.3, -0.25) is 0 Å². The molecule has 1 saturated heterocycles. The van der Waals surface area contributed by atoms with E-state index in [1.807, 2.05) is 6.07 Å². The van der Waals surface area contributed by atoms with Crippen molar-refractivity contribution < 1.29 is 9.47 Å². The molecule has 2 rings (SSSR count).